The van der Waals surface area contributed by atoms with E-state index in [0.717, 1.165) is 33.4 Å². The number of aromatic nitrogens is 2. The number of piperazine rings is 1. The van der Waals surface area contributed by atoms with Crippen molar-refractivity contribution in [3.63, 3.8) is 0 Å². The summed E-state index contributed by atoms with van der Waals surface area (Å²) in [6, 6.07) is 18.4. The lowest BCUT2D eigenvalue weighted by Crippen LogP contribution is -2.48. The molecule has 0 saturated carbocycles. The molecule has 4 aromatic rings. The SMILES string of the molecule is O=C1Cc2cc3n(c(=O)c2CO1)Cc1c-3nc2ccccc2c1CN1CCN(S(=O)(=O)c2ccccc2)CC1. The predicted molar refractivity (Wildman–Crippen MR) is 145 cm³/mol. The van der Waals surface area contributed by atoms with Crippen LogP contribution in [-0.4, -0.2) is 59.3 Å². The van der Waals surface area contributed by atoms with Gasteiger partial charge in [-0.25, -0.2) is 13.4 Å². The number of rotatable bonds is 4. The summed E-state index contributed by atoms with van der Waals surface area (Å²) >= 11 is 0. The topological polar surface area (TPSA) is 102 Å². The fraction of sp³-hybridized carbons (Fsp3) is 0.276. The summed E-state index contributed by atoms with van der Waals surface area (Å²) in [5.41, 5.74) is 5.55. The minimum Gasteiger partial charge on any atom is -0.460 e. The van der Waals surface area contributed by atoms with E-state index >= 15 is 0 Å². The Morgan fingerprint density at radius 1 is 0.897 bits per heavy atom. The lowest BCUT2D eigenvalue weighted by molar-refractivity contribution is -0.145. The first-order chi connectivity index (χ1) is 18.9. The number of cyclic esters (lactones) is 1. The van der Waals surface area contributed by atoms with Crippen LogP contribution in [0.15, 0.2) is 70.4 Å². The fourth-order valence-electron chi connectivity index (χ4n) is 5.90. The second-order valence-corrected chi connectivity index (χ2v) is 12.1. The normalized spacial score (nSPS) is 17.5. The lowest BCUT2D eigenvalue weighted by Gasteiger charge is -2.34. The van der Waals surface area contributed by atoms with Gasteiger partial charge in [0.25, 0.3) is 5.56 Å². The Bertz CT molecular complexity index is 1810. The van der Waals surface area contributed by atoms with Crippen LogP contribution in [0.2, 0.25) is 0 Å². The van der Waals surface area contributed by atoms with Crippen LogP contribution in [0.5, 0.6) is 0 Å². The van der Waals surface area contributed by atoms with E-state index in [1.807, 2.05) is 30.3 Å². The number of sulfonamides is 1. The largest absolute Gasteiger partial charge is 0.460 e. The zero-order valence-electron chi connectivity index (χ0n) is 21.2. The van der Waals surface area contributed by atoms with Gasteiger partial charge in [0.1, 0.15) is 6.61 Å². The second kappa shape index (κ2) is 9.11. The van der Waals surface area contributed by atoms with Gasteiger partial charge in [0.2, 0.25) is 10.0 Å². The Labute approximate surface area is 225 Å². The van der Waals surface area contributed by atoms with Crippen LogP contribution in [0.1, 0.15) is 22.3 Å². The minimum atomic E-state index is -3.53. The smallest absolute Gasteiger partial charge is 0.310 e. The molecule has 3 aliphatic rings. The van der Waals surface area contributed by atoms with Crippen molar-refractivity contribution in [2.45, 2.75) is 31.0 Å². The highest BCUT2D eigenvalue weighted by Crippen LogP contribution is 2.37. The van der Waals surface area contributed by atoms with Crippen molar-refractivity contribution in [2.75, 3.05) is 26.2 Å². The van der Waals surface area contributed by atoms with E-state index in [-0.39, 0.29) is 24.6 Å². The number of pyridine rings is 2. The lowest BCUT2D eigenvalue weighted by atomic mass is 9.99. The van der Waals surface area contributed by atoms with E-state index in [1.54, 1.807) is 33.1 Å². The maximum Gasteiger partial charge on any atom is 0.310 e. The summed E-state index contributed by atoms with van der Waals surface area (Å²) in [6.07, 6.45) is 0.0877. The van der Waals surface area contributed by atoms with Crippen LogP contribution in [0.25, 0.3) is 22.3 Å². The third-order valence-electron chi connectivity index (χ3n) is 7.97. The molecule has 0 spiro atoms. The average molecular weight is 543 g/mol. The number of ether oxygens (including phenoxy) is 1. The molecule has 1 saturated heterocycles. The molecule has 3 aliphatic heterocycles. The second-order valence-electron chi connectivity index (χ2n) is 10.2. The third-order valence-corrected chi connectivity index (χ3v) is 9.88. The van der Waals surface area contributed by atoms with Crippen molar-refractivity contribution in [1.82, 2.24) is 18.8 Å². The first-order valence-electron chi connectivity index (χ1n) is 13.0. The number of para-hydroxylation sites is 1. The molecule has 0 atom stereocenters. The first kappa shape index (κ1) is 24.2. The monoisotopic (exact) mass is 542 g/mol. The van der Waals surface area contributed by atoms with Gasteiger partial charge < -0.3 is 9.30 Å². The van der Waals surface area contributed by atoms with Gasteiger partial charge in [-0.1, -0.05) is 36.4 Å². The number of carbonyl (C=O) groups is 1. The molecule has 5 heterocycles. The summed E-state index contributed by atoms with van der Waals surface area (Å²) in [5, 5.41) is 1.03. The van der Waals surface area contributed by atoms with E-state index in [1.165, 1.54) is 0 Å². The van der Waals surface area contributed by atoms with Gasteiger partial charge in [0, 0.05) is 43.7 Å². The molecular weight excluding hydrogens is 516 g/mol. The number of benzene rings is 2. The molecule has 0 aliphatic carbocycles. The number of fused-ring (bicyclic) bond motifs is 5. The molecule has 7 rings (SSSR count). The molecule has 1 fully saturated rings. The average Bonchev–Trinajstić information content (AvgIpc) is 3.32. The Morgan fingerprint density at radius 2 is 1.64 bits per heavy atom. The number of hydrogen-bond donors (Lipinski definition) is 0. The molecule has 0 bridgehead atoms. The molecule has 0 radical (unpaired) electrons. The van der Waals surface area contributed by atoms with Gasteiger partial charge >= 0.3 is 5.97 Å². The minimum absolute atomic E-state index is 0.00204. The van der Waals surface area contributed by atoms with Crippen molar-refractivity contribution in [3.05, 3.63) is 93.3 Å². The van der Waals surface area contributed by atoms with Gasteiger partial charge in [-0.2, -0.15) is 4.31 Å². The molecule has 198 valence electrons. The van der Waals surface area contributed by atoms with Crippen LogP contribution < -0.4 is 5.56 Å². The van der Waals surface area contributed by atoms with Crippen LogP contribution in [0, 0.1) is 0 Å². The van der Waals surface area contributed by atoms with Gasteiger partial charge in [0.15, 0.2) is 0 Å². The molecule has 10 heteroatoms. The molecule has 9 nitrogen and oxygen atoms in total. The van der Waals surface area contributed by atoms with E-state index in [4.69, 9.17) is 9.72 Å². The van der Waals surface area contributed by atoms with E-state index in [0.29, 0.717) is 55.3 Å². The Balaban J connectivity index is 1.22. The highest BCUT2D eigenvalue weighted by Gasteiger charge is 2.32. The zero-order chi connectivity index (χ0) is 26.7. The molecule has 39 heavy (non-hydrogen) atoms. The molecule has 0 amide bonds. The Hall–Kier alpha value is -3.86. The van der Waals surface area contributed by atoms with Crippen LogP contribution in [-0.2, 0) is 45.7 Å². The van der Waals surface area contributed by atoms with Crippen molar-refractivity contribution < 1.29 is 17.9 Å². The van der Waals surface area contributed by atoms with Crippen molar-refractivity contribution in [2.24, 2.45) is 0 Å². The predicted octanol–water partition coefficient (Wildman–Crippen LogP) is 2.53. The number of nitrogens with zero attached hydrogens (tertiary/aromatic N) is 4. The molecule has 2 aromatic carbocycles. The third kappa shape index (κ3) is 3.98. The summed E-state index contributed by atoms with van der Waals surface area (Å²) in [4.78, 5) is 32.8. The maximum absolute atomic E-state index is 13.4. The zero-order valence-corrected chi connectivity index (χ0v) is 22.0. The maximum atomic E-state index is 13.4. The number of esters is 1. The van der Waals surface area contributed by atoms with Gasteiger partial charge in [0.05, 0.1) is 40.3 Å². The summed E-state index contributed by atoms with van der Waals surface area (Å²) in [6.45, 7) is 3.03. The van der Waals surface area contributed by atoms with Gasteiger partial charge in [-0.3, -0.25) is 14.5 Å². The molecule has 0 unspecified atom stereocenters. The van der Waals surface area contributed by atoms with E-state index in [2.05, 4.69) is 11.0 Å². The standard InChI is InChI=1S/C29H26N4O5S/c34-27-15-19-14-26-28-23(17-33(26)29(35)24(19)18-38-27)22(21-8-4-5-9-25(21)30-28)16-31-10-12-32(13-11-31)39(36,37)20-6-2-1-3-7-20/h1-9,14H,10-13,15-18H2. The number of hydrogen-bond acceptors (Lipinski definition) is 7. The van der Waals surface area contributed by atoms with Crippen LogP contribution >= 0.6 is 0 Å². The van der Waals surface area contributed by atoms with Crippen molar-refractivity contribution in [3.8, 4) is 11.4 Å². The molecular formula is C29H26N4O5S. The highest BCUT2D eigenvalue weighted by molar-refractivity contribution is 7.89. The van der Waals surface area contributed by atoms with Gasteiger partial charge in [-0.15, -0.1) is 0 Å². The van der Waals surface area contributed by atoms with Gasteiger partial charge in [-0.05, 0) is 35.4 Å². The van der Waals surface area contributed by atoms with Crippen molar-refractivity contribution >= 4 is 26.9 Å². The van der Waals surface area contributed by atoms with E-state index < -0.39 is 10.0 Å². The molecule has 0 N–H and O–H groups in total. The summed E-state index contributed by atoms with van der Waals surface area (Å²) in [7, 11) is -3.53. The van der Waals surface area contributed by atoms with Crippen molar-refractivity contribution in [1.29, 1.82) is 0 Å². The Kier molecular flexibility index (Phi) is 5.66. The summed E-state index contributed by atoms with van der Waals surface area (Å²) in [5.74, 6) is -0.328. The Morgan fingerprint density at radius 3 is 2.44 bits per heavy atom. The molecule has 2 aromatic heterocycles. The number of carbonyl (C=O) groups excluding carboxylic acids is 1. The first-order valence-corrected chi connectivity index (χ1v) is 14.4. The van der Waals surface area contributed by atoms with E-state index in [9.17, 15) is 18.0 Å². The van der Waals surface area contributed by atoms with Crippen LogP contribution in [0.4, 0.5) is 0 Å². The van der Waals surface area contributed by atoms with Crippen LogP contribution in [0.3, 0.4) is 0 Å². The highest BCUT2D eigenvalue weighted by atomic mass is 32.2. The fourth-order valence-corrected chi connectivity index (χ4v) is 7.34. The summed E-state index contributed by atoms with van der Waals surface area (Å²) < 4.78 is 34.6. The quantitative estimate of drug-likeness (QED) is 0.322.